The van der Waals surface area contributed by atoms with Gasteiger partial charge in [0.1, 0.15) is 30.2 Å². The van der Waals surface area contributed by atoms with Crippen molar-refractivity contribution in [3.05, 3.63) is 83.2 Å². The van der Waals surface area contributed by atoms with Crippen LogP contribution in [0, 0.1) is 11.7 Å². The van der Waals surface area contributed by atoms with Gasteiger partial charge in [-0.15, -0.1) is 0 Å². The van der Waals surface area contributed by atoms with E-state index in [0.717, 1.165) is 47.1 Å². The Hall–Kier alpha value is -3.14. The summed E-state index contributed by atoms with van der Waals surface area (Å²) in [6, 6.07) is 18.8. The largest absolute Gasteiger partial charge is 0.497 e. The highest BCUT2D eigenvalue weighted by Gasteiger charge is 2.21. The van der Waals surface area contributed by atoms with E-state index in [1.165, 1.54) is 6.07 Å². The number of rotatable bonds is 9. The monoisotopic (exact) mass is 448 g/mol. The zero-order valence-electron chi connectivity index (χ0n) is 20.2. The van der Waals surface area contributed by atoms with E-state index in [-0.39, 0.29) is 17.2 Å². The molecule has 3 aromatic rings. The van der Waals surface area contributed by atoms with Gasteiger partial charge in [0, 0.05) is 11.5 Å². The molecule has 0 amide bonds. The first-order valence-corrected chi connectivity index (χ1v) is 11.4. The van der Waals surface area contributed by atoms with Crippen LogP contribution in [0.2, 0.25) is 0 Å². The van der Waals surface area contributed by atoms with Crippen LogP contribution >= 0.6 is 0 Å². The zero-order valence-corrected chi connectivity index (χ0v) is 20.2. The van der Waals surface area contributed by atoms with Gasteiger partial charge in [-0.2, -0.15) is 0 Å². The van der Waals surface area contributed by atoms with Gasteiger partial charge in [0.05, 0.1) is 7.11 Å². The Labute approximate surface area is 196 Å². The lowest BCUT2D eigenvalue weighted by Crippen LogP contribution is -2.13. The van der Waals surface area contributed by atoms with Gasteiger partial charge in [-0.05, 0) is 76.9 Å². The molecule has 3 nitrogen and oxygen atoms in total. The number of benzene rings is 3. The van der Waals surface area contributed by atoms with Crippen molar-refractivity contribution in [2.45, 2.75) is 52.6 Å². The minimum Gasteiger partial charge on any atom is -0.497 e. The molecule has 0 aliphatic rings. The van der Waals surface area contributed by atoms with Crippen molar-refractivity contribution >= 4 is 6.29 Å². The summed E-state index contributed by atoms with van der Waals surface area (Å²) in [7, 11) is 1.58. The summed E-state index contributed by atoms with van der Waals surface area (Å²) in [6.07, 6.45) is 2.60. The fourth-order valence-electron chi connectivity index (χ4n) is 3.88. The number of aldehydes is 1. The maximum Gasteiger partial charge on any atom is 0.131 e. The minimum atomic E-state index is -0.282. The number of methoxy groups -OCH3 is 1. The fraction of sp³-hybridized carbons (Fsp3) is 0.345. The first-order valence-electron chi connectivity index (χ1n) is 11.4. The zero-order chi connectivity index (χ0) is 24.0. The molecule has 174 valence electrons. The quantitative estimate of drug-likeness (QED) is 0.326. The van der Waals surface area contributed by atoms with Crippen LogP contribution in [0.3, 0.4) is 0 Å². The number of carbonyl (C=O) groups is 1. The fourth-order valence-corrected chi connectivity index (χ4v) is 3.88. The third kappa shape index (κ3) is 6.22. The molecule has 0 spiro atoms. The van der Waals surface area contributed by atoms with Crippen LogP contribution in [0.5, 0.6) is 11.5 Å². The lowest BCUT2D eigenvalue weighted by atomic mass is 9.81. The van der Waals surface area contributed by atoms with Crippen molar-refractivity contribution in [1.82, 2.24) is 0 Å². The standard InChI is InChI=1S/C29H33FO3/c1-6-20(18-31)15-21-7-10-23(11-8-21)33-19-22-9-13-27(29(2,3)4)25(16-22)26-17-24(32-5)12-14-28(26)30/h7-14,16-18,20H,6,15,19H2,1-5H3/t20-/m0/s1. The molecule has 0 fully saturated rings. The highest BCUT2D eigenvalue weighted by atomic mass is 19.1. The van der Waals surface area contributed by atoms with E-state index < -0.39 is 0 Å². The Kier molecular flexibility index (Phi) is 7.91. The van der Waals surface area contributed by atoms with Crippen LogP contribution in [0.1, 0.15) is 50.8 Å². The molecule has 0 saturated carbocycles. The van der Waals surface area contributed by atoms with Gasteiger partial charge in [-0.3, -0.25) is 0 Å². The number of hydrogen-bond acceptors (Lipinski definition) is 3. The van der Waals surface area contributed by atoms with Gasteiger partial charge in [0.15, 0.2) is 0 Å². The van der Waals surface area contributed by atoms with Crippen LogP contribution in [0.15, 0.2) is 60.7 Å². The van der Waals surface area contributed by atoms with Crippen molar-refractivity contribution in [1.29, 1.82) is 0 Å². The summed E-state index contributed by atoms with van der Waals surface area (Å²) in [5, 5.41) is 0. The summed E-state index contributed by atoms with van der Waals surface area (Å²) < 4.78 is 26.2. The smallest absolute Gasteiger partial charge is 0.131 e. The van der Waals surface area contributed by atoms with Gasteiger partial charge in [0.25, 0.3) is 0 Å². The molecule has 0 aromatic heterocycles. The van der Waals surface area contributed by atoms with Gasteiger partial charge < -0.3 is 14.3 Å². The number of halogens is 1. The van der Waals surface area contributed by atoms with Gasteiger partial charge in [0.2, 0.25) is 0 Å². The molecule has 0 aliphatic heterocycles. The molecule has 4 heteroatoms. The first kappa shape index (κ1) is 24.5. The highest BCUT2D eigenvalue weighted by Crippen LogP contribution is 2.36. The number of ether oxygens (including phenoxy) is 2. The van der Waals surface area contributed by atoms with E-state index in [9.17, 15) is 9.18 Å². The molecular weight excluding hydrogens is 415 g/mol. The highest BCUT2D eigenvalue weighted by molar-refractivity contribution is 5.71. The van der Waals surface area contributed by atoms with Crippen LogP contribution in [0.4, 0.5) is 4.39 Å². The third-order valence-electron chi connectivity index (χ3n) is 5.90. The summed E-state index contributed by atoms with van der Waals surface area (Å²) in [5.74, 6) is 1.14. The molecule has 3 rings (SSSR count). The SMILES string of the molecule is CC[C@H](C=O)Cc1ccc(OCc2ccc(C(C)(C)C)c(-c3cc(OC)ccc3F)c2)cc1. The molecule has 0 unspecified atom stereocenters. The average Bonchev–Trinajstić information content (AvgIpc) is 2.81. The van der Waals surface area contributed by atoms with Crippen molar-refractivity contribution in [3.63, 3.8) is 0 Å². The predicted molar refractivity (Wildman–Crippen MR) is 131 cm³/mol. The molecule has 1 atom stereocenters. The van der Waals surface area contributed by atoms with Gasteiger partial charge in [-0.25, -0.2) is 4.39 Å². The summed E-state index contributed by atoms with van der Waals surface area (Å²) in [4.78, 5) is 11.1. The summed E-state index contributed by atoms with van der Waals surface area (Å²) in [5.41, 5.74) is 4.34. The van der Waals surface area contributed by atoms with Crippen molar-refractivity contribution in [3.8, 4) is 22.6 Å². The van der Waals surface area contributed by atoms with Crippen LogP contribution < -0.4 is 9.47 Å². The lowest BCUT2D eigenvalue weighted by Gasteiger charge is -2.24. The summed E-state index contributed by atoms with van der Waals surface area (Å²) in [6.45, 7) is 8.75. The van der Waals surface area contributed by atoms with E-state index in [2.05, 4.69) is 26.8 Å². The Morgan fingerprint density at radius 1 is 0.909 bits per heavy atom. The second-order valence-electron chi connectivity index (χ2n) is 9.42. The normalized spacial score (nSPS) is 12.3. The summed E-state index contributed by atoms with van der Waals surface area (Å²) >= 11 is 0. The van der Waals surface area contributed by atoms with E-state index in [1.807, 2.05) is 43.3 Å². The second-order valence-corrected chi connectivity index (χ2v) is 9.42. The van der Waals surface area contributed by atoms with Crippen LogP contribution in [-0.2, 0) is 23.2 Å². The van der Waals surface area contributed by atoms with Gasteiger partial charge >= 0.3 is 0 Å². The van der Waals surface area contributed by atoms with Crippen molar-refractivity contribution in [2.75, 3.05) is 7.11 Å². The topological polar surface area (TPSA) is 35.5 Å². The molecule has 0 saturated heterocycles. The second kappa shape index (κ2) is 10.7. The molecule has 3 aromatic carbocycles. The molecule has 0 bridgehead atoms. The van der Waals surface area contributed by atoms with E-state index in [0.29, 0.717) is 17.9 Å². The molecule has 0 radical (unpaired) electrons. The van der Waals surface area contributed by atoms with E-state index >= 15 is 0 Å². The van der Waals surface area contributed by atoms with Crippen molar-refractivity contribution < 1.29 is 18.7 Å². The maximum absolute atomic E-state index is 14.8. The van der Waals surface area contributed by atoms with Gasteiger partial charge in [-0.1, -0.05) is 52.0 Å². The third-order valence-corrected chi connectivity index (χ3v) is 5.90. The molecule has 0 aliphatic carbocycles. The van der Waals surface area contributed by atoms with Crippen LogP contribution in [0.25, 0.3) is 11.1 Å². The number of carbonyl (C=O) groups excluding carboxylic acids is 1. The van der Waals surface area contributed by atoms with E-state index in [4.69, 9.17) is 9.47 Å². The van der Waals surface area contributed by atoms with Crippen molar-refractivity contribution in [2.24, 2.45) is 5.92 Å². The predicted octanol–water partition coefficient (Wildman–Crippen LogP) is 7.15. The Morgan fingerprint density at radius 3 is 2.18 bits per heavy atom. The molecule has 0 heterocycles. The van der Waals surface area contributed by atoms with Crippen LogP contribution in [-0.4, -0.2) is 13.4 Å². The number of hydrogen-bond donors (Lipinski definition) is 0. The molecular formula is C29H33FO3. The van der Waals surface area contributed by atoms with E-state index in [1.54, 1.807) is 19.2 Å². The molecule has 33 heavy (non-hydrogen) atoms. The Morgan fingerprint density at radius 2 is 1.58 bits per heavy atom. The Bertz CT molecular complexity index is 1080. The maximum atomic E-state index is 14.8. The molecule has 0 N–H and O–H groups in total. The minimum absolute atomic E-state index is 0.0496. The average molecular weight is 449 g/mol. The first-order chi connectivity index (χ1) is 15.7. The Balaban J connectivity index is 1.84. The lowest BCUT2D eigenvalue weighted by molar-refractivity contribution is -0.111.